The third kappa shape index (κ3) is 7.29. The van der Waals surface area contributed by atoms with Crippen molar-refractivity contribution in [3.05, 3.63) is 93.5 Å². The quantitative estimate of drug-likeness (QED) is 0.390. The zero-order valence-corrected chi connectivity index (χ0v) is 23.0. The second-order valence-corrected chi connectivity index (χ2v) is 10.5. The van der Waals surface area contributed by atoms with Crippen molar-refractivity contribution in [3.8, 4) is 0 Å². The van der Waals surface area contributed by atoms with Crippen LogP contribution in [0.3, 0.4) is 0 Å². The fourth-order valence-corrected chi connectivity index (χ4v) is 5.30. The fourth-order valence-electron chi connectivity index (χ4n) is 3.39. The first-order valence-corrected chi connectivity index (χ1v) is 12.3. The number of nitrogens with one attached hydrogen (secondary N) is 1. The Morgan fingerprint density at radius 3 is 2.29 bits per heavy atom. The summed E-state index contributed by atoms with van der Waals surface area (Å²) in [4.78, 5) is 10.9. The van der Waals surface area contributed by atoms with Crippen LogP contribution in [0.2, 0.25) is 10.0 Å². The molecule has 3 aromatic rings. The Morgan fingerprint density at radius 2 is 1.68 bits per heavy atom. The normalized spacial score (nSPS) is 13.1. The number of aliphatic hydroxyl groups is 1. The summed E-state index contributed by atoms with van der Waals surface area (Å²) >= 11 is 11.8. The van der Waals surface area contributed by atoms with Crippen LogP contribution in [0, 0.1) is 0 Å². The second-order valence-electron chi connectivity index (χ2n) is 7.66. The smallest absolute Gasteiger partial charge is 0.545 e. The third-order valence-corrected chi connectivity index (χ3v) is 7.40. The van der Waals surface area contributed by atoms with Gasteiger partial charge < -0.3 is 20.3 Å². The van der Waals surface area contributed by atoms with Gasteiger partial charge in [-0.05, 0) is 60.9 Å². The topological polar surface area (TPSA) is 107 Å². The van der Waals surface area contributed by atoms with Gasteiger partial charge in [-0.25, -0.2) is 8.42 Å². The van der Waals surface area contributed by atoms with Crippen LogP contribution in [0.25, 0.3) is 0 Å². The Morgan fingerprint density at radius 1 is 1.03 bits per heavy atom. The minimum Gasteiger partial charge on any atom is -0.545 e. The Hall–Kier alpha value is -1.42. The summed E-state index contributed by atoms with van der Waals surface area (Å²) in [6.45, 7) is 2.28. The van der Waals surface area contributed by atoms with Crippen LogP contribution < -0.4 is 40.0 Å². The van der Waals surface area contributed by atoms with E-state index >= 15 is 0 Å². The van der Waals surface area contributed by atoms with Crippen molar-refractivity contribution >= 4 is 39.0 Å². The number of hydrogen-bond acceptors (Lipinski definition) is 6. The number of hydrogen-bond donors (Lipinski definition) is 2. The molecule has 0 aliphatic heterocycles. The summed E-state index contributed by atoms with van der Waals surface area (Å²) in [5.41, 5.74) is 1.14. The molecule has 2 N–H and O–H groups in total. The number of rotatable bonds is 9. The molecular weight excluding hydrogens is 508 g/mol. The van der Waals surface area contributed by atoms with E-state index in [1.807, 2.05) is 6.92 Å². The Bertz CT molecular complexity index is 1250. The molecule has 2 atom stereocenters. The summed E-state index contributed by atoms with van der Waals surface area (Å²) in [5, 5.41) is 25.6. The minimum atomic E-state index is -4.10. The maximum absolute atomic E-state index is 13.0. The Labute approximate surface area is 231 Å². The van der Waals surface area contributed by atoms with Crippen molar-refractivity contribution in [1.29, 1.82) is 0 Å². The van der Waals surface area contributed by atoms with Gasteiger partial charge in [-0.1, -0.05) is 53.5 Å². The molecule has 0 fully saturated rings. The van der Waals surface area contributed by atoms with Crippen LogP contribution in [-0.4, -0.2) is 32.1 Å². The maximum Gasteiger partial charge on any atom is 1.00 e. The first-order valence-electron chi connectivity index (χ1n) is 10.1. The first kappa shape index (κ1) is 28.8. The summed E-state index contributed by atoms with van der Waals surface area (Å²) in [7, 11) is -4.10. The number of sulfone groups is 1. The molecule has 0 aromatic heterocycles. The van der Waals surface area contributed by atoms with Crippen LogP contribution in [-0.2, 0) is 16.3 Å². The summed E-state index contributed by atoms with van der Waals surface area (Å²) < 4.78 is 26.0. The van der Waals surface area contributed by atoms with E-state index in [4.69, 9.17) is 23.2 Å². The molecular formula is C24H22Cl2NNaO5S. The van der Waals surface area contributed by atoms with Gasteiger partial charge in [-0.2, -0.15) is 0 Å². The number of benzene rings is 3. The number of halogens is 2. The van der Waals surface area contributed by atoms with E-state index in [0.717, 1.165) is 17.7 Å². The van der Waals surface area contributed by atoms with Crippen LogP contribution in [0.15, 0.2) is 76.5 Å². The molecule has 174 valence electrons. The van der Waals surface area contributed by atoms with Gasteiger partial charge in [0.05, 0.1) is 21.9 Å². The Kier molecular flexibility index (Phi) is 10.6. The van der Waals surface area contributed by atoms with Crippen LogP contribution in [0.5, 0.6) is 0 Å². The van der Waals surface area contributed by atoms with Crippen molar-refractivity contribution in [2.75, 3.05) is 6.54 Å². The zero-order chi connectivity index (χ0) is 24.2. The molecule has 3 aromatic carbocycles. The number of carbonyl (C=O) groups excluding carboxylic acids is 1. The van der Waals surface area contributed by atoms with E-state index in [1.54, 1.807) is 36.4 Å². The number of carboxylic acid groups (broad SMARTS) is 1. The molecule has 0 aliphatic carbocycles. The SMILES string of the molecule is C[C@H](Cc1ccc(S(=O)(=O)c2cc(Cl)ccc2C(=O)[O-])cc1)NC[C@H](O)c1cccc(Cl)c1.[Na+]. The average Bonchev–Trinajstić information content (AvgIpc) is 2.77. The summed E-state index contributed by atoms with van der Waals surface area (Å²) in [6.07, 6.45) is -0.126. The van der Waals surface area contributed by atoms with Crippen LogP contribution in [0.1, 0.15) is 34.5 Å². The standard InChI is InChI=1S/C24H23Cl2NO5S.Na/c1-15(27-14-22(28)17-3-2-4-18(25)12-17)11-16-5-8-20(9-6-16)33(31,32)23-13-19(26)7-10-21(23)24(29)30;/h2-10,12-13,15,22,27-28H,11,14H2,1H3,(H,29,30);/q;+1/p-1/t15-,22+;/m1./s1. The third-order valence-electron chi connectivity index (χ3n) is 5.12. The maximum atomic E-state index is 13.0. The van der Waals surface area contributed by atoms with Gasteiger partial charge in [0.15, 0.2) is 0 Å². The summed E-state index contributed by atoms with van der Waals surface area (Å²) in [5.74, 6) is -1.60. The molecule has 0 radical (unpaired) electrons. The van der Waals surface area contributed by atoms with E-state index < -0.39 is 32.4 Å². The van der Waals surface area contributed by atoms with Crippen molar-refractivity contribution in [2.45, 2.75) is 35.3 Å². The average molecular weight is 530 g/mol. The Balaban J connectivity index is 0.00000408. The van der Waals surface area contributed by atoms with Gasteiger partial charge in [-0.15, -0.1) is 0 Å². The second kappa shape index (κ2) is 12.5. The van der Waals surface area contributed by atoms with Gasteiger partial charge in [0.25, 0.3) is 0 Å². The first-order chi connectivity index (χ1) is 15.6. The predicted molar refractivity (Wildman–Crippen MR) is 125 cm³/mol. The molecule has 0 bridgehead atoms. The largest absolute Gasteiger partial charge is 1.00 e. The fraction of sp³-hybridized carbons (Fsp3) is 0.208. The number of carbonyl (C=O) groups is 1. The molecule has 0 spiro atoms. The predicted octanol–water partition coefficient (Wildman–Crippen LogP) is 0.448. The number of aromatic carboxylic acids is 1. The molecule has 0 unspecified atom stereocenters. The van der Waals surface area contributed by atoms with E-state index in [2.05, 4.69) is 5.32 Å². The van der Waals surface area contributed by atoms with Crippen LogP contribution in [0.4, 0.5) is 0 Å². The molecule has 0 heterocycles. The molecule has 10 heteroatoms. The zero-order valence-electron chi connectivity index (χ0n) is 18.7. The molecule has 0 amide bonds. The van der Waals surface area contributed by atoms with E-state index in [9.17, 15) is 23.4 Å². The number of carboxylic acids is 1. The van der Waals surface area contributed by atoms with Gasteiger partial charge in [0.2, 0.25) is 9.84 Å². The molecule has 34 heavy (non-hydrogen) atoms. The molecule has 0 saturated carbocycles. The molecule has 6 nitrogen and oxygen atoms in total. The van der Waals surface area contributed by atoms with Gasteiger partial charge in [0, 0.05) is 28.2 Å². The van der Waals surface area contributed by atoms with Crippen molar-refractivity contribution < 1.29 is 53.0 Å². The van der Waals surface area contributed by atoms with E-state index in [1.165, 1.54) is 18.2 Å². The van der Waals surface area contributed by atoms with Crippen molar-refractivity contribution in [3.63, 3.8) is 0 Å². The number of aliphatic hydroxyl groups excluding tert-OH is 1. The van der Waals surface area contributed by atoms with Gasteiger partial charge >= 0.3 is 29.6 Å². The summed E-state index contributed by atoms with van der Waals surface area (Å²) in [6, 6.07) is 16.7. The van der Waals surface area contributed by atoms with Crippen LogP contribution >= 0.6 is 23.2 Å². The molecule has 0 aliphatic rings. The van der Waals surface area contributed by atoms with Gasteiger partial charge in [-0.3, -0.25) is 0 Å². The molecule has 3 rings (SSSR count). The minimum absolute atomic E-state index is 0. The molecule has 0 saturated heterocycles. The van der Waals surface area contributed by atoms with Crippen molar-refractivity contribution in [2.24, 2.45) is 0 Å². The van der Waals surface area contributed by atoms with Crippen molar-refractivity contribution in [1.82, 2.24) is 5.32 Å². The van der Waals surface area contributed by atoms with E-state index in [-0.39, 0.29) is 45.5 Å². The monoisotopic (exact) mass is 529 g/mol. The van der Waals surface area contributed by atoms with E-state index in [0.29, 0.717) is 23.6 Å². The van der Waals surface area contributed by atoms with Gasteiger partial charge in [0.1, 0.15) is 0 Å².